The Labute approximate surface area is 158 Å². The zero-order valence-electron chi connectivity index (χ0n) is 15.1. The maximum absolute atomic E-state index is 13.3. The fourth-order valence-electron chi connectivity index (χ4n) is 2.88. The number of benzene rings is 2. The van der Waals surface area contributed by atoms with Gasteiger partial charge < -0.3 is 10.1 Å². The lowest BCUT2D eigenvalue weighted by atomic mass is 9.91. The molecule has 1 N–H and O–H groups in total. The van der Waals surface area contributed by atoms with Crippen LogP contribution in [-0.2, 0) is 11.2 Å². The molecule has 1 amide bonds. The minimum atomic E-state index is -0.482. The number of hydrogen-bond acceptors (Lipinski definition) is 3. The number of rotatable bonds is 7. The SMILES string of the molecule is CCOc1ccccc1NC(=O)C(Cc1cccnc1)c1ccc(F)cc1. The Morgan fingerprint density at radius 3 is 2.59 bits per heavy atom. The van der Waals surface area contributed by atoms with E-state index in [1.54, 1.807) is 30.6 Å². The lowest BCUT2D eigenvalue weighted by Crippen LogP contribution is -2.23. The number of carbonyl (C=O) groups excluding carboxylic acids is 1. The second kappa shape index (κ2) is 8.94. The molecule has 0 spiro atoms. The number of anilines is 1. The van der Waals surface area contributed by atoms with Crippen molar-refractivity contribution in [2.45, 2.75) is 19.3 Å². The van der Waals surface area contributed by atoms with Crippen molar-refractivity contribution in [3.8, 4) is 5.75 Å². The standard InChI is InChI=1S/C22H21FN2O2/c1-2-27-21-8-4-3-7-20(21)25-22(26)19(14-16-6-5-13-24-15-16)17-9-11-18(23)12-10-17/h3-13,15,19H,2,14H2,1H3,(H,25,26). The molecular weight excluding hydrogens is 343 g/mol. The van der Waals surface area contributed by atoms with Gasteiger partial charge in [-0.05, 0) is 54.8 Å². The summed E-state index contributed by atoms with van der Waals surface area (Å²) in [6.07, 6.45) is 3.88. The van der Waals surface area contributed by atoms with Crippen molar-refractivity contribution in [2.75, 3.05) is 11.9 Å². The highest BCUT2D eigenvalue weighted by atomic mass is 19.1. The van der Waals surface area contributed by atoms with Crippen LogP contribution in [0, 0.1) is 5.82 Å². The Morgan fingerprint density at radius 1 is 1.11 bits per heavy atom. The first-order chi connectivity index (χ1) is 13.2. The van der Waals surface area contributed by atoms with E-state index in [0.29, 0.717) is 24.5 Å². The lowest BCUT2D eigenvalue weighted by Gasteiger charge is -2.19. The number of ether oxygens (including phenoxy) is 1. The van der Waals surface area contributed by atoms with Gasteiger partial charge in [-0.15, -0.1) is 0 Å². The summed E-state index contributed by atoms with van der Waals surface area (Å²) in [7, 11) is 0. The fraction of sp³-hybridized carbons (Fsp3) is 0.182. The van der Waals surface area contributed by atoms with Crippen LogP contribution in [0.25, 0.3) is 0 Å². The highest BCUT2D eigenvalue weighted by Crippen LogP contribution is 2.27. The number of para-hydroxylation sites is 2. The van der Waals surface area contributed by atoms with Crippen molar-refractivity contribution in [3.05, 3.63) is 90.0 Å². The molecule has 1 aromatic heterocycles. The van der Waals surface area contributed by atoms with E-state index < -0.39 is 5.92 Å². The van der Waals surface area contributed by atoms with Gasteiger partial charge in [-0.25, -0.2) is 4.39 Å². The summed E-state index contributed by atoms with van der Waals surface area (Å²) in [6, 6.07) is 17.1. The van der Waals surface area contributed by atoms with E-state index in [0.717, 1.165) is 11.1 Å². The highest BCUT2D eigenvalue weighted by molar-refractivity contribution is 5.97. The Hall–Kier alpha value is -3.21. The van der Waals surface area contributed by atoms with Gasteiger partial charge in [0.1, 0.15) is 11.6 Å². The molecular formula is C22H21FN2O2. The molecule has 5 heteroatoms. The van der Waals surface area contributed by atoms with Crippen molar-refractivity contribution >= 4 is 11.6 Å². The molecule has 2 aromatic carbocycles. The van der Waals surface area contributed by atoms with E-state index in [1.165, 1.54) is 12.1 Å². The van der Waals surface area contributed by atoms with Crippen LogP contribution in [0.5, 0.6) is 5.75 Å². The third-order valence-electron chi connectivity index (χ3n) is 4.20. The molecule has 0 bridgehead atoms. The summed E-state index contributed by atoms with van der Waals surface area (Å²) in [4.78, 5) is 17.2. The lowest BCUT2D eigenvalue weighted by molar-refractivity contribution is -0.117. The summed E-state index contributed by atoms with van der Waals surface area (Å²) >= 11 is 0. The second-order valence-corrected chi connectivity index (χ2v) is 6.09. The highest BCUT2D eigenvalue weighted by Gasteiger charge is 2.22. The van der Waals surface area contributed by atoms with Gasteiger partial charge in [0.15, 0.2) is 0 Å². The summed E-state index contributed by atoms with van der Waals surface area (Å²) in [5, 5.41) is 2.95. The number of nitrogens with zero attached hydrogens (tertiary/aromatic N) is 1. The van der Waals surface area contributed by atoms with Crippen LogP contribution in [0.1, 0.15) is 24.0 Å². The number of amides is 1. The molecule has 4 nitrogen and oxygen atoms in total. The summed E-state index contributed by atoms with van der Waals surface area (Å²) in [6.45, 7) is 2.40. The molecule has 3 aromatic rings. The van der Waals surface area contributed by atoms with E-state index >= 15 is 0 Å². The van der Waals surface area contributed by atoms with Gasteiger partial charge in [-0.3, -0.25) is 9.78 Å². The van der Waals surface area contributed by atoms with E-state index in [2.05, 4.69) is 10.3 Å². The van der Waals surface area contributed by atoms with Crippen LogP contribution >= 0.6 is 0 Å². The predicted molar refractivity (Wildman–Crippen MR) is 103 cm³/mol. The smallest absolute Gasteiger partial charge is 0.232 e. The first kappa shape index (κ1) is 18.6. The normalized spacial score (nSPS) is 11.6. The minimum Gasteiger partial charge on any atom is -0.492 e. The molecule has 0 aliphatic rings. The molecule has 0 radical (unpaired) electrons. The zero-order chi connectivity index (χ0) is 19.1. The maximum atomic E-state index is 13.3. The minimum absolute atomic E-state index is 0.183. The Kier molecular flexibility index (Phi) is 6.15. The Bertz CT molecular complexity index is 882. The predicted octanol–water partition coefficient (Wildman–Crippen LogP) is 4.58. The molecule has 27 heavy (non-hydrogen) atoms. The summed E-state index contributed by atoms with van der Waals surface area (Å²) in [5.74, 6) is -0.379. The number of hydrogen-bond donors (Lipinski definition) is 1. The van der Waals surface area contributed by atoms with Gasteiger partial charge in [0.05, 0.1) is 18.2 Å². The van der Waals surface area contributed by atoms with Crippen LogP contribution in [-0.4, -0.2) is 17.5 Å². The third-order valence-corrected chi connectivity index (χ3v) is 4.20. The molecule has 1 atom stereocenters. The zero-order valence-corrected chi connectivity index (χ0v) is 15.1. The van der Waals surface area contributed by atoms with Crippen LogP contribution in [0.3, 0.4) is 0 Å². The average Bonchev–Trinajstić information content (AvgIpc) is 2.69. The molecule has 0 saturated heterocycles. The van der Waals surface area contributed by atoms with Gasteiger partial charge in [-0.2, -0.15) is 0 Å². The first-order valence-corrected chi connectivity index (χ1v) is 8.84. The van der Waals surface area contributed by atoms with Crippen LogP contribution in [0.4, 0.5) is 10.1 Å². The Balaban J connectivity index is 1.87. The van der Waals surface area contributed by atoms with E-state index in [1.807, 2.05) is 37.3 Å². The van der Waals surface area contributed by atoms with Crippen molar-refractivity contribution in [3.63, 3.8) is 0 Å². The topological polar surface area (TPSA) is 51.2 Å². The monoisotopic (exact) mass is 364 g/mol. The fourth-order valence-corrected chi connectivity index (χ4v) is 2.88. The quantitative estimate of drug-likeness (QED) is 0.667. The van der Waals surface area contributed by atoms with Gasteiger partial charge >= 0.3 is 0 Å². The molecule has 0 aliphatic carbocycles. The molecule has 138 valence electrons. The van der Waals surface area contributed by atoms with Crippen LogP contribution in [0.2, 0.25) is 0 Å². The average molecular weight is 364 g/mol. The van der Waals surface area contributed by atoms with Crippen molar-refractivity contribution in [1.82, 2.24) is 4.98 Å². The first-order valence-electron chi connectivity index (χ1n) is 8.84. The third kappa shape index (κ3) is 4.91. The van der Waals surface area contributed by atoms with Gasteiger partial charge in [0, 0.05) is 12.4 Å². The van der Waals surface area contributed by atoms with Gasteiger partial charge in [-0.1, -0.05) is 30.3 Å². The molecule has 0 aliphatic heterocycles. The van der Waals surface area contributed by atoms with E-state index in [4.69, 9.17) is 4.74 Å². The number of pyridine rings is 1. The largest absolute Gasteiger partial charge is 0.492 e. The second-order valence-electron chi connectivity index (χ2n) is 6.09. The van der Waals surface area contributed by atoms with Crippen molar-refractivity contribution in [2.24, 2.45) is 0 Å². The van der Waals surface area contributed by atoms with Crippen LogP contribution in [0.15, 0.2) is 73.1 Å². The van der Waals surface area contributed by atoms with Gasteiger partial charge in [0.25, 0.3) is 0 Å². The molecule has 0 saturated carbocycles. The summed E-state index contributed by atoms with van der Waals surface area (Å²) < 4.78 is 18.9. The Morgan fingerprint density at radius 2 is 1.89 bits per heavy atom. The molecule has 3 rings (SSSR count). The number of nitrogens with one attached hydrogen (secondary N) is 1. The van der Waals surface area contributed by atoms with Crippen molar-refractivity contribution < 1.29 is 13.9 Å². The number of halogens is 1. The van der Waals surface area contributed by atoms with Gasteiger partial charge in [0.2, 0.25) is 5.91 Å². The number of carbonyl (C=O) groups is 1. The van der Waals surface area contributed by atoms with Crippen LogP contribution < -0.4 is 10.1 Å². The number of aromatic nitrogens is 1. The summed E-state index contributed by atoms with van der Waals surface area (Å²) in [5.41, 5.74) is 2.29. The van der Waals surface area contributed by atoms with E-state index in [-0.39, 0.29) is 11.7 Å². The van der Waals surface area contributed by atoms with Crippen molar-refractivity contribution in [1.29, 1.82) is 0 Å². The maximum Gasteiger partial charge on any atom is 0.232 e. The molecule has 1 heterocycles. The van der Waals surface area contributed by atoms with E-state index in [9.17, 15) is 9.18 Å². The molecule has 0 fully saturated rings. The molecule has 1 unspecified atom stereocenters.